The molecule has 2 aromatic heterocycles. The van der Waals surface area contributed by atoms with Gasteiger partial charge in [0.05, 0.1) is 4.47 Å². The van der Waals surface area contributed by atoms with Crippen molar-refractivity contribution in [3.8, 4) is 0 Å². The number of hydrogen-bond donors (Lipinski definition) is 1. The molecular formula is C15H18BrN3S. The molecule has 20 heavy (non-hydrogen) atoms. The van der Waals surface area contributed by atoms with Gasteiger partial charge in [0.25, 0.3) is 0 Å². The van der Waals surface area contributed by atoms with Crippen molar-refractivity contribution in [3.63, 3.8) is 0 Å². The number of aryl methyl sites for hydroxylation is 1. The zero-order chi connectivity index (χ0) is 14.5. The predicted molar refractivity (Wildman–Crippen MR) is 87.0 cm³/mol. The van der Waals surface area contributed by atoms with Gasteiger partial charge in [0, 0.05) is 18.4 Å². The average Bonchev–Trinajstić information content (AvgIpc) is 2.44. The smallest absolute Gasteiger partial charge is 0.116 e. The molecule has 106 valence electrons. The van der Waals surface area contributed by atoms with Crippen LogP contribution in [0.5, 0.6) is 0 Å². The van der Waals surface area contributed by atoms with E-state index in [1.54, 1.807) is 18.0 Å². The SMILES string of the molecule is CCC(N)Cc1cnc(Sc2ncccc2Br)c(C)c1. The molecule has 0 radical (unpaired) electrons. The van der Waals surface area contributed by atoms with E-state index in [0.29, 0.717) is 0 Å². The van der Waals surface area contributed by atoms with E-state index < -0.39 is 0 Å². The molecule has 1 atom stereocenters. The second-order valence-corrected chi connectivity index (χ2v) is 6.56. The van der Waals surface area contributed by atoms with Crippen molar-refractivity contribution in [2.24, 2.45) is 5.73 Å². The lowest BCUT2D eigenvalue weighted by Gasteiger charge is -2.11. The number of halogens is 1. The molecule has 2 heterocycles. The standard InChI is InChI=1S/C15H18BrN3S/c1-3-12(17)8-11-7-10(2)14(19-9-11)20-15-13(16)5-4-6-18-15/h4-7,9,12H,3,8,17H2,1-2H3. The van der Waals surface area contributed by atoms with Gasteiger partial charge in [-0.05, 0) is 70.7 Å². The van der Waals surface area contributed by atoms with E-state index in [-0.39, 0.29) is 6.04 Å². The molecule has 0 amide bonds. The second kappa shape index (κ2) is 7.20. The van der Waals surface area contributed by atoms with Crippen LogP contribution in [0.2, 0.25) is 0 Å². The highest BCUT2D eigenvalue weighted by atomic mass is 79.9. The van der Waals surface area contributed by atoms with Crippen molar-refractivity contribution < 1.29 is 0 Å². The number of nitrogens with two attached hydrogens (primary N) is 1. The molecule has 0 fully saturated rings. The number of aromatic nitrogens is 2. The van der Waals surface area contributed by atoms with Crippen molar-refractivity contribution in [3.05, 3.63) is 46.2 Å². The fraction of sp³-hybridized carbons (Fsp3) is 0.333. The Morgan fingerprint density at radius 2 is 2.15 bits per heavy atom. The average molecular weight is 352 g/mol. The van der Waals surface area contributed by atoms with Gasteiger partial charge >= 0.3 is 0 Å². The van der Waals surface area contributed by atoms with Crippen LogP contribution in [0.25, 0.3) is 0 Å². The maximum atomic E-state index is 5.99. The van der Waals surface area contributed by atoms with E-state index in [0.717, 1.165) is 32.9 Å². The zero-order valence-electron chi connectivity index (χ0n) is 11.6. The van der Waals surface area contributed by atoms with Crippen molar-refractivity contribution in [1.82, 2.24) is 9.97 Å². The van der Waals surface area contributed by atoms with E-state index in [1.165, 1.54) is 5.56 Å². The summed E-state index contributed by atoms with van der Waals surface area (Å²) in [6, 6.07) is 6.27. The number of pyridine rings is 2. The van der Waals surface area contributed by atoms with Crippen molar-refractivity contribution in [1.29, 1.82) is 0 Å². The molecule has 0 bridgehead atoms. The van der Waals surface area contributed by atoms with E-state index in [1.807, 2.05) is 18.3 Å². The lowest BCUT2D eigenvalue weighted by molar-refractivity contribution is 0.644. The molecule has 0 aromatic carbocycles. The summed E-state index contributed by atoms with van der Waals surface area (Å²) < 4.78 is 0.989. The van der Waals surface area contributed by atoms with Gasteiger partial charge in [-0.3, -0.25) is 0 Å². The van der Waals surface area contributed by atoms with Crippen LogP contribution in [0.4, 0.5) is 0 Å². The van der Waals surface area contributed by atoms with Crippen molar-refractivity contribution in [2.75, 3.05) is 0 Å². The first kappa shape index (κ1) is 15.5. The molecule has 0 aliphatic rings. The number of rotatable bonds is 5. The predicted octanol–water partition coefficient (Wildman–Crippen LogP) is 3.98. The molecular weight excluding hydrogens is 334 g/mol. The highest BCUT2D eigenvalue weighted by molar-refractivity contribution is 9.10. The monoisotopic (exact) mass is 351 g/mol. The third-order valence-electron chi connectivity index (χ3n) is 3.03. The maximum absolute atomic E-state index is 5.99. The van der Waals surface area contributed by atoms with Gasteiger partial charge in [0.2, 0.25) is 0 Å². The van der Waals surface area contributed by atoms with Crippen LogP contribution in [0.1, 0.15) is 24.5 Å². The number of nitrogens with zero attached hydrogens (tertiary/aromatic N) is 2. The summed E-state index contributed by atoms with van der Waals surface area (Å²) in [5.74, 6) is 0. The van der Waals surface area contributed by atoms with Gasteiger partial charge in [0.1, 0.15) is 10.1 Å². The summed E-state index contributed by atoms with van der Waals surface area (Å²) in [5.41, 5.74) is 8.34. The molecule has 2 rings (SSSR count). The Morgan fingerprint density at radius 3 is 2.80 bits per heavy atom. The minimum atomic E-state index is 0.208. The van der Waals surface area contributed by atoms with E-state index in [9.17, 15) is 0 Å². The van der Waals surface area contributed by atoms with Crippen LogP contribution in [0.15, 0.2) is 45.1 Å². The Balaban J connectivity index is 2.16. The molecule has 1 unspecified atom stereocenters. The molecule has 0 aliphatic heterocycles. The maximum Gasteiger partial charge on any atom is 0.116 e. The molecule has 0 saturated heterocycles. The first-order valence-electron chi connectivity index (χ1n) is 6.59. The lowest BCUT2D eigenvalue weighted by Crippen LogP contribution is -2.21. The highest BCUT2D eigenvalue weighted by Gasteiger charge is 2.09. The van der Waals surface area contributed by atoms with Gasteiger partial charge in [-0.25, -0.2) is 9.97 Å². The summed E-state index contributed by atoms with van der Waals surface area (Å²) in [6.07, 6.45) is 5.57. The normalized spacial score (nSPS) is 12.4. The van der Waals surface area contributed by atoms with Crippen LogP contribution in [0.3, 0.4) is 0 Å². The molecule has 0 aliphatic carbocycles. The Bertz CT molecular complexity index is 589. The molecule has 2 aromatic rings. The largest absolute Gasteiger partial charge is 0.327 e. The third kappa shape index (κ3) is 4.04. The van der Waals surface area contributed by atoms with Gasteiger partial charge in [-0.2, -0.15) is 0 Å². The van der Waals surface area contributed by atoms with E-state index >= 15 is 0 Å². The molecule has 5 heteroatoms. The minimum absolute atomic E-state index is 0.208. The summed E-state index contributed by atoms with van der Waals surface area (Å²) in [5, 5.41) is 1.92. The Morgan fingerprint density at radius 1 is 1.35 bits per heavy atom. The van der Waals surface area contributed by atoms with E-state index in [4.69, 9.17) is 5.73 Å². The zero-order valence-corrected chi connectivity index (χ0v) is 14.0. The van der Waals surface area contributed by atoms with Gasteiger partial charge in [0.15, 0.2) is 0 Å². The topological polar surface area (TPSA) is 51.8 Å². The number of hydrogen-bond acceptors (Lipinski definition) is 4. The van der Waals surface area contributed by atoms with Crippen LogP contribution in [-0.2, 0) is 6.42 Å². The fourth-order valence-electron chi connectivity index (χ4n) is 1.82. The Hall–Kier alpha value is -0.910. The van der Waals surface area contributed by atoms with Crippen LogP contribution < -0.4 is 5.73 Å². The fourth-order valence-corrected chi connectivity index (χ4v) is 3.11. The van der Waals surface area contributed by atoms with Gasteiger partial charge in [-0.1, -0.05) is 13.0 Å². The Kier molecular flexibility index (Phi) is 5.57. The van der Waals surface area contributed by atoms with Gasteiger partial charge in [-0.15, -0.1) is 0 Å². The van der Waals surface area contributed by atoms with Crippen LogP contribution in [-0.4, -0.2) is 16.0 Å². The molecule has 0 spiro atoms. The Labute approximate surface area is 132 Å². The summed E-state index contributed by atoms with van der Waals surface area (Å²) in [6.45, 7) is 4.18. The first-order valence-corrected chi connectivity index (χ1v) is 8.20. The molecule has 3 nitrogen and oxygen atoms in total. The van der Waals surface area contributed by atoms with Gasteiger partial charge < -0.3 is 5.73 Å². The molecule has 0 saturated carbocycles. The van der Waals surface area contributed by atoms with Crippen LogP contribution in [0, 0.1) is 6.92 Å². The summed E-state index contributed by atoms with van der Waals surface area (Å²) in [4.78, 5) is 8.90. The van der Waals surface area contributed by atoms with Crippen LogP contribution >= 0.6 is 27.7 Å². The first-order chi connectivity index (χ1) is 9.60. The third-order valence-corrected chi connectivity index (χ3v) is 5.07. The minimum Gasteiger partial charge on any atom is -0.327 e. The lowest BCUT2D eigenvalue weighted by atomic mass is 10.1. The van der Waals surface area contributed by atoms with Crippen molar-refractivity contribution >= 4 is 27.7 Å². The quantitative estimate of drug-likeness (QED) is 0.884. The molecule has 2 N–H and O–H groups in total. The van der Waals surface area contributed by atoms with Crippen molar-refractivity contribution in [2.45, 2.75) is 42.8 Å². The highest BCUT2D eigenvalue weighted by Crippen LogP contribution is 2.32. The summed E-state index contributed by atoms with van der Waals surface area (Å²) in [7, 11) is 0. The summed E-state index contributed by atoms with van der Waals surface area (Å²) >= 11 is 5.08. The van der Waals surface area contributed by atoms with E-state index in [2.05, 4.69) is 45.8 Å². The second-order valence-electron chi connectivity index (χ2n) is 4.73.